The number of halogens is 1. The number of likely N-dealkylation sites (tertiary alicyclic amines) is 1. The average Bonchev–Trinajstić information content (AvgIpc) is 3.06. The molecule has 1 aliphatic heterocycles. The number of carbonyl (C=O) groups excluding carboxylic acids is 2. The van der Waals surface area contributed by atoms with Gasteiger partial charge in [0.1, 0.15) is 5.82 Å². The van der Waals surface area contributed by atoms with Crippen LogP contribution in [0.15, 0.2) is 24.3 Å². The summed E-state index contributed by atoms with van der Waals surface area (Å²) < 4.78 is 13.2. The van der Waals surface area contributed by atoms with Gasteiger partial charge in [-0.3, -0.25) is 9.59 Å². The van der Waals surface area contributed by atoms with E-state index in [4.69, 9.17) is 0 Å². The Morgan fingerprint density at radius 3 is 2.58 bits per heavy atom. The maximum Gasteiger partial charge on any atom is 0.223 e. The van der Waals surface area contributed by atoms with E-state index in [2.05, 4.69) is 5.32 Å². The zero-order valence-electron chi connectivity index (χ0n) is 14.2. The summed E-state index contributed by atoms with van der Waals surface area (Å²) in [4.78, 5) is 26.0. The van der Waals surface area contributed by atoms with Crippen LogP contribution in [-0.2, 0) is 15.0 Å². The zero-order valence-corrected chi connectivity index (χ0v) is 14.2. The number of rotatable bonds is 4. The minimum Gasteiger partial charge on any atom is -0.355 e. The third kappa shape index (κ3) is 3.45. The van der Waals surface area contributed by atoms with Crippen molar-refractivity contribution in [1.82, 2.24) is 10.2 Å². The van der Waals surface area contributed by atoms with E-state index in [-0.39, 0.29) is 29.0 Å². The quantitative estimate of drug-likeness (QED) is 0.921. The standard InChI is InChI=1S/C19H25FN2O2/c1-22-11-8-14(12-17(22)23)18(24)21-13-19(9-2-3-10-19)15-4-6-16(20)7-5-15/h4-7,14H,2-3,8-13H2,1H3,(H,21,24)/t14-/m1/s1. The van der Waals surface area contributed by atoms with Crippen molar-refractivity contribution >= 4 is 11.8 Å². The number of hydrogen-bond acceptors (Lipinski definition) is 2. The molecule has 1 aromatic rings. The van der Waals surface area contributed by atoms with Crippen LogP contribution >= 0.6 is 0 Å². The van der Waals surface area contributed by atoms with Crippen molar-refractivity contribution in [2.24, 2.45) is 5.92 Å². The first-order chi connectivity index (χ1) is 11.5. The summed E-state index contributed by atoms with van der Waals surface area (Å²) in [6.07, 6.45) is 5.28. The molecular weight excluding hydrogens is 307 g/mol. The molecule has 4 nitrogen and oxygen atoms in total. The van der Waals surface area contributed by atoms with E-state index in [1.54, 1.807) is 11.9 Å². The van der Waals surface area contributed by atoms with Crippen molar-refractivity contribution in [1.29, 1.82) is 0 Å². The Labute approximate surface area is 142 Å². The van der Waals surface area contributed by atoms with Crippen molar-refractivity contribution in [3.05, 3.63) is 35.6 Å². The number of nitrogens with one attached hydrogen (secondary N) is 1. The van der Waals surface area contributed by atoms with Gasteiger partial charge in [-0.1, -0.05) is 25.0 Å². The first kappa shape index (κ1) is 16.9. The largest absolute Gasteiger partial charge is 0.355 e. The summed E-state index contributed by atoms with van der Waals surface area (Å²) >= 11 is 0. The van der Waals surface area contributed by atoms with Gasteiger partial charge in [0.05, 0.1) is 0 Å². The Hall–Kier alpha value is -1.91. The van der Waals surface area contributed by atoms with E-state index in [1.165, 1.54) is 12.1 Å². The summed E-state index contributed by atoms with van der Waals surface area (Å²) in [5, 5.41) is 3.08. The normalized spacial score (nSPS) is 23.3. The topological polar surface area (TPSA) is 49.4 Å². The molecule has 1 N–H and O–H groups in total. The third-order valence-electron chi connectivity index (χ3n) is 5.65. The van der Waals surface area contributed by atoms with E-state index in [1.807, 2.05) is 12.1 Å². The summed E-state index contributed by atoms with van der Waals surface area (Å²) in [5.74, 6) is -0.443. The predicted octanol–water partition coefficient (Wildman–Crippen LogP) is 2.62. The number of piperidine rings is 1. The van der Waals surface area contributed by atoms with E-state index < -0.39 is 0 Å². The molecule has 1 aliphatic carbocycles. The number of amides is 2. The highest BCUT2D eigenvalue weighted by Gasteiger charge is 2.37. The van der Waals surface area contributed by atoms with Crippen molar-refractivity contribution < 1.29 is 14.0 Å². The fraction of sp³-hybridized carbons (Fsp3) is 0.579. The highest BCUT2D eigenvalue weighted by Crippen LogP contribution is 2.40. The van der Waals surface area contributed by atoms with Gasteiger partial charge < -0.3 is 10.2 Å². The minimum absolute atomic E-state index is 0.0233. The van der Waals surface area contributed by atoms with Crippen LogP contribution in [0, 0.1) is 11.7 Å². The molecule has 5 heteroatoms. The molecule has 1 atom stereocenters. The van der Waals surface area contributed by atoms with Crippen molar-refractivity contribution in [3.8, 4) is 0 Å². The molecule has 2 fully saturated rings. The molecule has 0 unspecified atom stereocenters. The predicted molar refractivity (Wildman–Crippen MR) is 89.9 cm³/mol. The molecule has 130 valence electrons. The van der Waals surface area contributed by atoms with E-state index >= 15 is 0 Å². The van der Waals surface area contributed by atoms with E-state index in [9.17, 15) is 14.0 Å². The van der Waals surface area contributed by atoms with Gasteiger partial charge in [0.25, 0.3) is 0 Å². The Bertz CT molecular complexity index is 608. The smallest absolute Gasteiger partial charge is 0.223 e. The molecule has 0 bridgehead atoms. The van der Waals surface area contributed by atoms with Crippen LogP contribution in [0.5, 0.6) is 0 Å². The maximum atomic E-state index is 13.2. The second-order valence-electron chi connectivity index (χ2n) is 7.22. The molecule has 24 heavy (non-hydrogen) atoms. The molecule has 0 aromatic heterocycles. The van der Waals surface area contributed by atoms with Crippen molar-refractivity contribution in [2.45, 2.75) is 43.9 Å². The molecule has 3 rings (SSSR count). The van der Waals surface area contributed by atoms with Crippen LogP contribution in [0.4, 0.5) is 4.39 Å². The Balaban J connectivity index is 1.65. The van der Waals surface area contributed by atoms with Crippen molar-refractivity contribution in [2.75, 3.05) is 20.1 Å². The molecule has 2 aliphatic rings. The van der Waals surface area contributed by atoms with E-state index in [0.29, 0.717) is 19.5 Å². The molecule has 1 aromatic carbocycles. The summed E-state index contributed by atoms with van der Waals surface area (Å²) in [6.45, 7) is 1.21. The average molecular weight is 332 g/mol. The summed E-state index contributed by atoms with van der Waals surface area (Å²) in [6, 6.07) is 6.66. The minimum atomic E-state index is -0.235. The SMILES string of the molecule is CN1CC[C@@H](C(=O)NCC2(c3ccc(F)cc3)CCCC2)CC1=O. The first-order valence-corrected chi connectivity index (χ1v) is 8.78. The number of benzene rings is 1. The van der Waals surface area contributed by atoms with Crippen LogP contribution in [0.1, 0.15) is 44.1 Å². The molecule has 1 saturated heterocycles. The lowest BCUT2D eigenvalue weighted by molar-refractivity contribution is -0.139. The fourth-order valence-corrected chi connectivity index (χ4v) is 3.99. The Kier molecular flexibility index (Phi) is 4.88. The first-order valence-electron chi connectivity index (χ1n) is 8.78. The second kappa shape index (κ2) is 6.91. The van der Waals surface area contributed by atoms with Gasteiger partial charge in [0, 0.05) is 37.9 Å². The number of carbonyl (C=O) groups is 2. The van der Waals surface area contributed by atoms with Crippen LogP contribution in [0.3, 0.4) is 0 Å². The lowest BCUT2D eigenvalue weighted by Gasteiger charge is -2.32. The van der Waals surface area contributed by atoms with Crippen LogP contribution in [0.2, 0.25) is 0 Å². The van der Waals surface area contributed by atoms with Gasteiger partial charge in [0.15, 0.2) is 0 Å². The van der Waals surface area contributed by atoms with Gasteiger partial charge in [0.2, 0.25) is 11.8 Å². The Morgan fingerprint density at radius 2 is 1.96 bits per heavy atom. The molecule has 2 amide bonds. The van der Waals surface area contributed by atoms with Crippen LogP contribution < -0.4 is 5.32 Å². The van der Waals surface area contributed by atoms with Crippen LogP contribution in [0.25, 0.3) is 0 Å². The highest BCUT2D eigenvalue weighted by atomic mass is 19.1. The zero-order chi connectivity index (χ0) is 17.2. The van der Waals surface area contributed by atoms with Gasteiger partial charge in [-0.2, -0.15) is 0 Å². The van der Waals surface area contributed by atoms with Crippen LogP contribution in [-0.4, -0.2) is 36.9 Å². The molecule has 0 radical (unpaired) electrons. The molecule has 0 spiro atoms. The van der Waals surface area contributed by atoms with Crippen molar-refractivity contribution in [3.63, 3.8) is 0 Å². The second-order valence-corrected chi connectivity index (χ2v) is 7.22. The maximum absolute atomic E-state index is 13.2. The monoisotopic (exact) mass is 332 g/mol. The molecule has 1 saturated carbocycles. The summed E-state index contributed by atoms with van der Waals surface area (Å²) in [5.41, 5.74) is 1.000. The number of hydrogen-bond donors (Lipinski definition) is 1. The summed E-state index contributed by atoms with van der Waals surface area (Å²) in [7, 11) is 1.78. The van der Waals surface area contributed by atoms with Gasteiger partial charge >= 0.3 is 0 Å². The molecule has 1 heterocycles. The third-order valence-corrected chi connectivity index (χ3v) is 5.65. The van der Waals surface area contributed by atoms with Gasteiger partial charge in [-0.25, -0.2) is 4.39 Å². The number of nitrogens with zero attached hydrogens (tertiary/aromatic N) is 1. The van der Waals surface area contributed by atoms with Gasteiger partial charge in [-0.05, 0) is 37.0 Å². The lowest BCUT2D eigenvalue weighted by atomic mass is 9.78. The van der Waals surface area contributed by atoms with E-state index in [0.717, 1.165) is 37.7 Å². The fourth-order valence-electron chi connectivity index (χ4n) is 3.99. The van der Waals surface area contributed by atoms with Gasteiger partial charge in [-0.15, -0.1) is 0 Å². The molecular formula is C19H25FN2O2. The highest BCUT2D eigenvalue weighted by molar-refractivity contribution is 5.86. The lowest BCUT2D eigenvalue weighted by Crippen LogP contribution is -2.45. The Morgan fingerprint density at radius 1 is 1.29 bits per heavy atom.